The average Bonchev–Trinajstić information content (AvgIpc) is 2.54. The molecule has 1 aromatic rings. The van der Waals surface area contributed by atoms with E-state index >= 15 is 0 Å². The van der Waals surface area contributed by atoms with Crippen molar-refractivity contribution in [3.8, 4) is 6.07 Å². The fourth-order valence-electron chi connectivity index (χ4n) is 0.880. The summed E-state index contributed by atoms with van der Waals surface area (Å²) in [6, 6.07) is 1.71. The molecule has 0 fully saturated rings. The van der Waals surface area contributed by atoms with E-state index in [4.69, 9.17) is 5.26 Å². The summed E-state index contributed by atoms with van der Waals surface area (Å²) in [6.45, 7) is 3.50. The lowest BCUT2D eigenvalue weighted by Gasteiger charge is -1.99. The van der Waals surface area contributed by atoms with Crippen molar-refractivity contribution in [1.82, 2.24) is 10.3 Å². The zero-order chi connectivity index (χ0) is 12.1. The number of nitrogens with one attached hydrogen (secondary N) is 2. The number of thiazole rings is 1. The van der Waals surface area contributed by atoms with Gasteiger partial charge in [-0.3, -0.25) is 14.9 Å². The minimum atomic E-state index is -0.841. The first-order valence-corrected chi connectivity index (χ1v) is 5.26. The lowest BCUT2D eigenvalue weighted by molar-refractivity contribution is -0.136. The van der Waals surface area contributed by atoms with Crippen molar-refractivity contribution >= 4 is 28.3 Å². The van der Waals surface area contributed by atoms with Crippen molar-refractivity contribution < 1.29 is 9.59 Å². The van der Waals surface area contributed by atoms with Crippen molar-refractivity contribution in [2.24, 2.45) is 0 Å². The number of hydrogen-bond donors (Lipinski definition) is 2. The molecule has 0 aliphatic carbocycles. The highest BCUT2D eigenvalue weighted by Gasteiger charge is 2.15. The number of carbonyl (C=O) groups is 2. The van der Waals surface area contributed by atoms with Crippen molar-refractivity contribution in [3.05, 3.63) is 10.6 Å². The normalized spacial score (nSPS) is 9.31. The number of aromatic nitrogens is 1. The predicted molar refractivity (Wildman–Crippen MR) is 58.8 cm³/mol. The summed E-state index contributed by atoms with van der Waals surface area (Å²) in [7, 11) is 0. The second kappa shape index (κ2) is 5.23. The van der Waals surface area contributed by atoms with Crippen LogP contribution in [0.4, 0.5) is 5.13 Å². The Kier molecular flexibility index (Phi) is 3.96. The third kappa shape index (κ3) is 3.03. The van der Waals surface area contributed by atoms with E-state index in [-0.39, 0.29) is 6.54 Å². The molecule has 2 N–H and O–H groups in total. The number of rotatable bonds is 2. The molecule has 0 atom stereocenters. The minimum absolute atomic E-state index is 0.192. The van der Waals surface area contributed by atoms with E-state index in [2.05, 4.69) is 15.6 Å². The molecule has 7 heteroatoms. The molecule has 0 saturated heterocycles. The molecule has 84 valence electrons. The second-order valence-corrected chi connectivity index (χ2v) is 4.16. The van der Waals surface area contributed by atoms with Crippen LogP contribution in [0, 0.1) is 25.2 Å². The molecular formula is C9H10N4O2S. The van der Waals surface area contributed by atoms with Crippen LogP contribution in [0.3, 0.4) is 0 Å². The Morgan fingerprint density at radius 3 is 2.62 bits per heavy atom. The lowest BCUT2D eigenvalue weighted by atomic mass is 10.4. The van der Waals surface area contributed by atoms with Gasteiger partial charge in [-0.25, -0.2) is 4.98 Å². The Balaban J connectivity index is 2.58. The summed E-state index contributed by atoms with van der Waals surface area (Å²) in [6.07, 6.45) is 0. The number of nitrogens with zero attached hydrogens (tertiary/aromatic N) is 2. The molecule has 6 nitrogen and oxygen atoms in total. The molecule has 0 unspecified atom stereocenters. The molecule has 1 heterocycles. The summed E-state index contributed by atoms with van der Waals surface area (Å²) in [5.41, 5.74) is 0.817. The molecule has 2 amide bonds. The average molecular weight is 238 g/mol. The molecule has 0 aliphatic rings. The SMILES string of the molecule is Cc1nc(NC(=O)C(=O)NCC#N)sc1C. The Bertz CT molecular complexity index is 441. The van der Waals surface area contributed by atoms with E-state index in [0.717, 1.165) is 10.6 Å². The Morgan fingerprint density at radius 1 is 1.44 bits per heavy atom. The van der Waals surface area contributed by atoms with Crippen molar-refractivity contribution in [3.63, 3.8) is 0 Å². The van der Waals surface area contributed by atoms with Crippen LogP contribution >= 0.6 is 11.3 Å². The van der Waals surface area contributed by atoms with Gasteiger partial charge in [0.25, 0.3) is 0 Å². The molecule has 1 rings (SSSR count). The number of amides is 2. The van der Waals surface area contributed by atoms with Crippen LogP contribution in [-0.4, -0.2) is 23.3 Å². The van der Waals surface area contributed by atoms with Crippen molar-refractivity contribution in [1.29, 1.82) is 5.26 Å². The first kappa shape index (κ1) is 12.1. The van der Waals surface area contributed by atoms with E-state index in [1.54, 1.807) is 6.07 Å². The topological polar surface area (TPSA) is 94.9 Å². The smallest absolute Gasteiger partial charge is 0.315 e. The van der Waals surface area contributed by atoms with Gasteiger partial charge in [-0.15, -0.1) is 11.3 Å². The van der Waals surface area contributed by atoms with Crippen LogP contribution in [0.2, 0.25) is 0 Å². The summed E-state index contributed by atoms with van der Waals surface area (Å²) >= 11 is 1.30. The number of anilines is 1. The summed E-state index contributed by atoms with van der Waals surface area (Å²) in [5, 5.41) is 13.1. The highest BCUT2D eigenvalue weighted by molar-refractivity contribution is 7.15. The van der Waals surface area contributed by atoms with Crippen molar-refractivity contribution in [2.45, 2.75) is 13.8 Å². The van der Waals surface area contributed by atoms with E-state index in [1.165, 1.54) is 11.3 Å². The third-order valence-electron chi connectivity index (χ3n) is 1.78. The molecule has 0 bridgehead atoms. The number of carbonyl (C=O) groups excluding carboxylic acids is 2. The molecule has 0 saturated carbocycles. The largest absolute Gasteiger partial charge is 0.335 e. The highest BCUT2D eigenvalue weighted by atomic mass is 32.1. The van der Waals surface area contributed by atoms with Crippen LogP contribution in [-0.2, 0) is 9.59 Å². The maximum atomic E-state index is 11.3. The van der Waals surface area contributed by atoms with Gasteiger partial charge in [-0.1, -0.05) is 0 Å². The van der Waals surface area contributed by atoms with Crippen LogP contribution in [0.5, 0.6) is 0 Å². The molecule has 0 aromatic carbocycles. The van der Waals surface area contributed by atoms with Gasteiger partial charge in [0.05, 0.1) is 11.8 Å². The van der Waals surface area contributed by atoms with Gasteiger partial charge in [-0.05, 0) is 13.8 Å². The number of aryl methyl sites for hydroxylation is 2. The molecular weight excluding hydrogens is 228 g/mol. The van der Waals surface area contributed by atoms with E-state index in [0.29, 0.717) is 5.13 Å². The molecule has 1 aromatic heterocycles. The van der Waals surface area contributed by atoms with E-state index < -0.39 is 11.8 Å². The zero-order valence-corrected chi connectivity index (χ0v) is 9.64. The quantitative estimate of drug-likeness (QED) is 0.573. The summed E-state index contributed by atoms with van der Waals surface area (Å²) in [4.78, 5) is 27.4. The molecule has 16 heavy (non-hydrogen) atoms. The van der Waals surface area contributed by atoms with Gasteiger partial charge < -0.3 is 5.32 Å². The second-order valence-electron chi connectivity index (χ2n) is 2.96. The first-order valence-electron chi connectivity index (χ1n) is 4.44. The zero-order valence-electron chi connectivity index (χ0n) is 8.83. The third-order valence-corrected chi connectivity index (χ3v) is 2.77. The van der Waals surface area contributed by atoms with E-state index in [1.807, 2.05) is 13.8 Å². The van der Waals surface area contributed by atoms with Crippen LogP contribution < -0.4 is 10.6 Å². The van der Waals surface area contributed by atoms with Crippen LogP contribution in [0.25, 0.3) is 0 Å². The van der Waals surface area contributed by atoms with Crippen molar-refractivity contribution in [2.75, 3.05) is 11.9 Å². The van der Waals surface area contributed by atoms with Crippen LogP contribution in [0.15, 0.2) is 0 Å². The van der Waals surface area contributed by atoms with Crippen LogP contribution in [0.1, 0.15) is 10.6 Å². The molecule has 0 aliphatic heterocycles. The van der Waals surface area contributed by atoms with Gasteiger partial charge >= 0.3 is 11.8 Å². The molecule has 0 spiro atoms. The maximum absolute atomic E-state index is 11.3. The van der Waals surface area contributed by atoms with Gasteiger partial charge in [-0.2, -0.15) is 5.26 Å². The predicted octanol–water partition coefficient (Wildman–Crippen LogP) is 0.338. The van der Waals surface area contributed by atoms with Gasteiger partial charge in [0, 0.05) is 4.88 Å². The monoisotopic (exact) mass is 238 g/mol. The Hall–Kier alpha value is -1.94. The van der Waals surface area contributed by atoms with Gasteiger partial charge in [0.1, 0.15) is 6.54 Å². The lowest BCUT2D eigenvalue weighted by Crippen LogP contribution is -2.35. The highest BCUT2D eigenvalue weighted by Crippen LogP contribution is 2.20. The first-order chi connectivity index (χ1) is 7.54. The van der Waals surface area contributed by atoms with Gasteiger partial charge in [0.2, 0.25) is 0 Å². The number of nitriles is 1. The van der Waals surface area contributed by atoms with Gasteiger partial charge in [0.15, 0.2) is 5.13 Å². The van der Waals surface area contributed by atoms with E-state index in [9.17, 15) is 9.59 Å². The molecule has 0 radical (unpaired) electrons. The fourth-order valence-corrected chi connectivity index (χ4v) is 1.69. The fraction of sp³-hybridized carbons (Fsp3) is 0.333. The standard InChI is InChI=1S/C9H10N4O2S/c1-5-6(2)16-9(12-5)13-8(15)7(14)11-4-3-10/h4H2,1-2H3,(H,11,14)(H,12,13,15). The Labute approximate surface area is 96.3 Å². The summed E-state index contributed by atoms with van der Waals surface area (Å²) in [5.74, 6) is -1.66. The summed E-state index contributed by atoms with van der Waals surface area (Å²) < 4.78 is 0. The maximum Gasteiger partial charge on any atom is 0.315 e. The Morgan fingerprint density at radius 2 is 2.12 bits per heavy atom. The number of hydrogen-bond acceptors (Lipinski definition) is 5. The minimum Gasteiger partial charge on any atom is -0.335 e.